The van der Waals surface area contributed by atoms with Gasteiger partial charge in [-0.2, -0.15) is 0 Å². The average Bonchev–Trinajstić information content (AvgIpc) is 2.57. The highest BCUT2D eigenvalue weighted by Crippen LogP contribution is 2.21. The number of phenolic OH excluding ortho intramolecular Hbond substituents is 1. The van der Waals surface area contributed by atoms with Crippen molar-refractivity contribution < 1.29 is 9.90 Å². The van der Waals surface area contributed by atoms with Gasteiger partial charge in [0, 0.05) is 0 Å². The molecule has 24 heavy (non-hydrogen) atoms. The number of aromatic hydroxyl groups is 1. The number of anilines is 1. The van der Waals surface area contributed by atoms with Crippen LogP contribution in [0, 0.1) is 0 Å². The van der Waals surface area contributed by atoms with Crippen LogP contribution in [0.25, 0.3) is 10.8 Å². The molecule has 4 nitrogen and oxygen atoms in total. The molecule has 3 aromatic rings. The first-order valence-corrected chi connectivity index (χ1v) is 7.90. The summed E-state index contributed by atoms with van der Waals surface area (Å²) in [5.74, 6) is -0.137. The Bertz CT molecular complexity index is 903. The molecule has 0 aliphatic carbocycles. The fourth-order valence-electron chi connectivity index (χ4n) is 2.52. The fourth-order valence-corrected chi connectivity index (χ4v) is 2.75. The number of fused-ring (bicyclic) bond motifs is 1. The second kappa shape index (κ2) is 7.10. The second-order valence-corrected chi connectivity index (χ2v) is 5.74. The number of hydrogen-bond donors (Lipinski definition) is 3. The van der Waals surface area contributed by atoms with Gasteiger partial charge in [0.25, 0.3) is 0 Å². The molecule has 3 N–H and O–H groups in total. The molecule has 0 fully saturated rings. The number of amides is 1. The van der Waals surface area contributed by atoms with Gasteiger partial charge < -0.3 is 15.7 Å². The molecule has 1 amide bonds. The van der Waals surface area contributed by atoms with E-state index in [1.165, 1.54) is 0 Å². The number of hydrogen-bond acceptors (Lipinski definition) is 3. The molecule has 0 aromatic heterocycles. The monoisotopic (exact) mass is 336 g/mol. The number of thiocarbonyl (C=S) groups is 1. The van der Waals surface area contributed by atoms with Gasteiger partial charge in [-0.3, -0.25) is 4.79 Å². The first-order chi connectivity index (χ1) is 11.6. The zero-order valence-corrected chi connectivity index (χ0v) is 13.6. The maximum Gasteiger partial charge on any atom is 0.230 e. The molecule has 0 aliphatic rings. The quantitative estimate of drug-likeness (QED) is 0.505. The van der Waals surface area contributed by atoms with Crippen molar-refractivity contribution in [3.63, 3.8) is 0 Å². The van der Waals surface area contributed by atoms with Crippen molar-refractivity contribution in [1.82, 2.24) is 5.32 Å². The molecule has 0 spiro atoms. The Hall–Kier alpha value is -2.92. The van der Waals surface area contributed by atoms with Gasteiger partial charge >= 0.3 is 0 Å². The third-order valence-electron chi connectivity index (χ3n) is 3.64. The van der Waals surface area contributed by atoms with E-state index in [9.17, 15) is 9.90 Å². The highest BCUT2D eigenvalue weighted by atomic mass is 32.1. The SMILES string of the molecule is O=C(Cc1cccc2ccccc12)NC(=S)Nc1ccccc1O. The van der Waals surface area contributed by atoms with Gasteiger partial charge in [-0.25, -0.2) is 0 Å². The molecule has 0 radical (unpaired) electrons. The number of carbonyl (C=O) groups excluding carboxylic acids is 1. The van der Waals surface area contributed by atoms with Crippen LogP contribution in [-0.2, 0) is 11.2 Å². The van der Waals surface area contributed by atoms with Crippen LogP contribution < -0.4 is 10.6 Å². The molecule has 3 rings (SSSR count). The zero-order chi connectivity index (χ0) is 16.9. The summed E-state index contributed by atoms with van der Waals surface area (Å²) in [4.78, 5) is 12.2. The van der Waals surface area contributed by atoms with Gasteiger partial charge in [0.1, 0.15) is 5.75 Å². The van der Waals surface area contributed by atoms with E-state index < -0.39 is 0 Å². The molecule has 0 heterocycles. The Morgan fingerprint density at radius 1 is 0.958 bits per heavy atom. The molecular weight excluding hydrogens is 320 g/mol. The summed E-state index contributed by atoms with van der Waals surface area (Å²) in [5, 5.41) is 17.5. The summed E-state index contributed by atoms with van der Waals surface area (Å²) in [6, 6.07) is 20.5. The van der Waals surface area contributed by atoms with E-state index in [0.29, 0.717) is 5.69 Å². The normalized spacial score (nSPS) is 10.3. The Kier molecular flexibility index (Phi) is 4.72. The lowest BCUT2D eigenvalue weighted by Crippen LogP contribution is -2.35. The summed E-state index contributed by atoms with van der Waals surface area (Å²) >= 11 is 5.13. The van der Waals surface area contributed by atoms with Crippen molar-refractivity contribution in [3.05, 3.63) is 72.3 Å². The Morgan fingerprint density at radius 3 is 2.50 bits per heavy atom. The average molecular weight is 336 g/mol. The van der Waals surface area contributed by atoms with Gasteiger partial charge in [-0.15, -0.1) is 0 Å². The molecule has 120 valence electrons. The minimum Gasteiger partial charge on any atom is -0.506 e. The van der Waals surface area contributed by atoms with E-state index in [0.717, 1.165) is 16.3 Å². The van der Waals surface area contributed by atoms with Crippen LogP contribution in [0.2, 0.25) is 0 Å². The van der Waals surface area contributed by atoms with E-state index in [1.807, 2.05) is 42.5 Å². The summed E-state index contributed by atoms with van der Waals surface area (Å²) in [7, 11) is 0. The first-order valence-electron chi connectivity index (χ1n) is 7.49. The van der Waals surface area contributed by atoms with Crippen LogP contribution in [0.15, 0.2) is 66.7 Å². The van der Waals surface area contributed by atoms with Gasteiger partial charge in [0.2, 0.25) is 5.91 Å². The Labute approximate surface area is 145 Å². The van der Waals surface area contributed by atoms with Crippen molar-refractivity contribution in [2.45, 2.75) is 6.42 Å². The zero-order valence-electron chi connectivity index (χ0n) is 12.8. The van der Waals surface area contributed by atoms with E-state index >= 15 is 0 Å². The molecule has 0 saturated carbocycles. The number of rotatable bonds is 3. The Morgan fingerprint density at radius 2 is 1.67 bits per heavy atom. The van der Waals surface area contributed by atoms with Gasteiger partial charge in [0.05, 0.1) is 12.1 Å². The summed E-state index contributed by atoms with van der Waals surface area (Å²) in [6.07, 6.45) is 0.226. The van der Waals surface area contributed by atoms with E-state index in [-0.39, 0.29) is 23.2 Å². The number of nitrogens with one attached hydrogen (secondary N) is 2. The number of phenols is 1. The van der Waals surface area contributed by atoms with Gasteiger partial charge in [0.15, 0.2) is 5.11 Å². The van der Waals surface area contributed by atoms with Crippen molar-refractivity contribution in [3.8, 4) is 5.75 Å². The molecule has 0 atom stereocenters. The summed E-state index contributed by atoms with van der Waals surface area (Å²) < 4.78 is 0. The second-order valence-electron chi connectivity index (χ2n) is 5.33. The largest absolute Gasteiger partial charge is 0.506 e. The molecular formula is C19H16N2O2S. The highest BCUT2D eigenvalue weighted by molar-refractivity contribution is 7.80. The standard InChI is InChI=1S/C19H16N2O2S/c22-17-11-4-3-10-16(17)20-19(24)21-18(23)12-14-8-5-7-13-6-1-2-9-15(13)14/h1-11,22H,12H2,(H2,20,21,23,24). The first kappa shape index (κ1) is 16.0. The third kappa shape index (κ3) is 3.70. The lowest BCUT2D eigenvalue weighted by Gasteiger charge is -2.11. The molecule has 0 bridgehead atoms. The predicted octanol–water partition coefficient (Wildman–Crippen LogP) is 3.60. The minimum absolute atomic E-state index is 0.0724. The van der Waals surface area contributed by atoms with Crippen LogP contribution >= 0.6 is 12.2 Å². The lowest BCUT2D eigenvalue weighted by molar-refractivity contribution is -0.119. The topological polar surface area (TPSA) is 61.4 Å². The smallest absolute Gasteiger partial charge is 0.230 e. The molecule has 3 aromatic carbocycles. The van der Waals surface area contributed by atoms with Crippen molar-refractivity contribution in [2.75, 3.05) is 5.32 Å². The van der Waals surface area contributed by atoms with Crippen LogP contribution in [0.3, 0.4) is 0 Å². The highest BCUT2D eigenvalue weighted by Gasteiger charge is 2.09. The van der Waals surface area contributed by atoms with Crippen LogP contribution in [0.5, 0.6) is 5.75 Å². The van der Waals surface area contributed by atoms with Crippen molar-refractivity contribution in [1.29, 1.82) is 0 Å². The minimum atomic E-state index is -0.209. The predicted molar refractivity (Wildman–Crippen MR) is 100 cm³/mol. The molecule has 5 heteroatoms. The molecule has 0 aliphatic heterocycles. The van der Waals surface area contributed by atoms with Gasteiger partial charge in [-0.05, 0) is 40.7 Å². The number of para-hydroxylation sites is 2. The fraction of sp³-hybridized carbons (Fsp3) is 0.0526. The van der Waals surface area contributed by atoms with E-state index in [2.05, 4.69) is 10.6 Å². The van der Waals surface area contributed by atoms with Gasteiger partial charge in [-0.1, -0.05) is 54.6 Å². The summed E-state index contributed by atoms with van der Waals surface area (Å²) in [5.41, 5.74) is 1.39. The Balaban J connectivity index is 1.67. The number of benzene rings is 3. The van der Waals surface area contributed by atoms with Crippen LogP contribution in [0.1, 0.15) is 5.56 Å². The lowest BCUT2D eigenvalue weighted by atomic mass is 10.0. The summed E-state index contributed by atoms with van der Waals surface area (Å²) in [6.45, 7) is 0. The van der Waals surface area contributed by atoms with E-state index in [1.54, 1.807) is 24.3 Å². The maximum absolute atomic E-state index is 12.2. The molecule has 0 unspecified atom stereocenters. The van der Waals surface area contributed by atoms with Crippen LogP contribution in [-0.4, -0.2) is 16.1 Å². The van der Waals surface area contributed by atoms with Crippen LogP contribution in [0.4, 0.5) is 5.69 Å². The van der Waals surface area contributed by atoms with E-state index in [4.69, 9.17) is 12.2 Å². The van der Waals surface area contributed by atoms with Crippen molar-refractivity contribution >= 4 is 39.7 Å². The number of carbonyl (C=O) groups is 1. The maximum atomic E-state index is 12.2. The third-order valence-corrected chi connectivity index (χ3v) is 3.84. The van der Waals surface area contributed by atoms with Crippen molar-refractivity contribution in [2.24, 2.45) is 0 Å². The molecule has 0 saturated heterocycles.